The zero-order valence-electron chi connectivity index (χ0n) is 16.4. The van der Waals surface area contributed by atoms with Gasteiger partial charge in [-0.15, -0.1) is 0 Å². The smallest absolute Gasteiger partial charge is 0.209 e. The van der Waals surface area contributed by atoms with Crippen LogP contribution in [0.15, 0.2) is 48.5 Å². The van der Waals surface area contributed by atoms with Crippen LogP contribution in [0.25, 0.3) is 0 Å². The summed E-state index contributed by atoms with van der Waals surface area (Å²) in [6.07, 6.45) is 0.238. The minimum absolute atomic E-state index is 0.281. The van der Waals surface area contributed by atoms with Crippen molar-refractivity contribution < 1.29 is 38.0 Å². The molecule has 8 heteroatoms. The largest absolute Gasteiger partial charge is 0.491 e. The average molecular weight is 416 g/mol. The molecule has 0 bridgehead atoms. The van der Waals surface area contributed by atoms with E-state index in [1.165, 1.54) is 0 Å². The van der Waals surface area contributed by atoms with Crippen molar-refractivity contribution in [2.24, 2.45) is 0 Å². The van der Waals surface area contributed by atoms with Crippen LogP contribution in [-0.2, 0) is 18.9 Å². The van der Waals surface area contributed by atoms with E-state index in [1.54, 1.807) is 48.5 Å². The van der Waals surface area contributed by atoms with E-state index in [0.717, 1.165) is 12.6 Å². The summed E-state index contributed by atoms with van der Waals surface area (Å²) >= 11 is 0. The van der Waals surface area contributed by atoms with Gasteiger partial charge in [-0.3, -0.25) is 9.59 Å². The van der Waals surface area contributed by atoms with Crippen molar-refractivity contribution in [3.05, 3.63) is 59.7 Å². The van der Waals surface area contributed by atoms with Crippen molar-refractivity contribution >= 4 is 12.6 Å². The second-order valence-electron chi connectivity index (χ2n) is 6.29. The van der Waals surface area contributed by atoms with E-state index in [9.17, 15) is 9.59 Å². The van der Waals surface area contributed by atoms with Crippen LogP contribution in [0.5, 0.6) is 11.5 Å². The van der Waals surface area contributed by atoms with Gasteiger partial charge in [-0.1, -0.05) is 0 Å². The van der Waals surface area contributed by atoms with Gasteiger partial charge in [-0.25, -0.2) is 0 Å². The highest BCUT2D eigenvalue weighted by atomic mass is 16.8. The van der Waals surface area contributed by atoms with Gasteiger partial charge in [0.25, 0.3) is 0 Å². The van der Waals surface area contributed by atoms with Gasteiger partial charge >= 0.3 is 0 Å². The Morgan fingerprint density at radius 3 is 1.43 bits per heavy atom. The second kappa shape index (κ2) is 12.0. The molecule has 160 valence electrons. The number of hydrogen-bond acceptors (Lipinski definition) is 8. The van der Waals surface area contributed by atoms with Crippen LogP contribution in [0.4, 0.5) is 0 Å². The summed E-state index contributed by atoms with van der Waals surface area (Å²) in [6.45, 7) is 2.02. The minimum atomic E-state index is -0.660. The molecule has 0 saturated carbocycles. The van der Waals surface area contributed by atoms with Crippen LogP contribution in [0.3, 0.4) is 0 Å². The van der Waals surface area contributed by atoms with Crippen molar-refractivity contribution in [3.63, 3.8) is 0 Å². The molecule has 0 aliphatic carbocycles. The molecule has 0 N–H and O–H groups in total. The van der Waals surface area contributed by atoms with Crippen molar-refractivity contribution in [3.8, 4) is 11.5 Å². The van der Waals surface area contributed by atoms with Gasteiger partial charge in [0.15, 0.2) is 0 Å². The fourth-order valence-electron chi connectivity index (χ4n) is 2.67. The molecule has 1 heterocycles. The number of ether oxygens (including phenoxy) is 6. The summed E-state index contributed by atoms with van der Waals surface area (Å²) in [7, 11) is 0. The normalized spacial score (nSPS) is 18.5. The molecule has 1 aliphatic rings. The first kappa shape index (κ1) is 21.9. The first-order valence-corrected chi connectivity index (χ1v) is 9.61. The molecule has 0 amide bonds. The van der Waals surface area contributed by atoms with Gasteiger partial charge in [0, 0.05) is 11.1 Å². The Bertz CT molecular complexity index is 707. The maximum Gasteiger partial charge on any atom is 0.209 e. The number of carbonyl (C=O) groups is 2. The molecule has 2 aromatic carbocycles. The molecule has 2 atom stereocenters. The molecule has 0 spiro atoms. The van der Waals surface area contributed by atoms with E-state index in [1.807, 2.05) is 0 Å². The van der Waals surface area contributed by atoms with Crippen LogP contribution >= 0.6 is 0 Å². The van der Waals surface area contributed by atoms with Crippen LogP contribution in [0.2, 0.25) is 0 Å². The molecule has 2 unspecified atom stereocenters. The van der Waals surface area contributed by atoms with Gasteiger partial charge in [0.2, 0.25) is 12.6 Å². The van der Waals surface area contributed by atoms with E-state index >= 15 is 0 Å². The SMILES string of the molecule is O=Cc1ccc(OCCOC2OCCOC2OCCOc2ccc(C=O)cc2)cc1. The standard InChI is InChI=1S/C22H24O8/c23-15-17-1-5-19(6-2-17)25-9-11-27-21-22(30-14-13-29-21)28-12-10-26-20-7-3-18(16-24)4-8-20/h1-8,15-16,21-22H,9-14H2. The van der Waals surface area contributed by atoms with Gasteiger partial charge in [-0.2, -0.15) is 0 Å². The lowest BCUT2D eigenvalue weighted by molar-refractivity contribution is -0.321. The number of carbonyl (C=O) groups excluding carboxylic acids is 2. The van der Waals surface area contributed by atoms with Crippen molar-refractivity contribution in [2.75, 3.05) is 39.6 Å². The van der Waals surface area contributed by atoms with E-state index in [-0.39, 0.29) is 13.2 Å². The van der Waals surface area contributed by atoms with Crippen molar-refractivity contribution in [2.45, 2.75) is 12.6 Å². The van der Waals surface area contributed by atoms with E-state index in [4.69, 9.17) is 28.4 Å². The third-order valence-corrected chi connectivity index (χ3v) is 4.17. The summed E-state index contributed by atoms with van der Waals surface area (Å²) in [4.78, 5) is 21.3. The number of hydrogen-bond donors (Lipinski definition) is 0. The Kier molecular flexibility index (Phi) is 8.80. The topological polar surface area (TPSA) is 89.5 Å². The lowest BCUT2D eigenvalue weighted by Crippen LogP contribution is -2.43. The molecule has 8 nitrogen and oxygen atoms in total. The monoisotopic (exact) mass is 416 g/mol. The van der Waals surface area contributed by atoms with Crippen LogP contribution in [0.1, 0.15) is 20.7 Å². The molecule has 0 aromatic heterocycles. The zero-order valence-corrected chi connectivity index (χ0v) is 16.4. The highest BCUT2D eigenvalue weighted by molar-refractivity contribution is 5.75. The van der Waals surface area contributed by atoms with Gasteiger partial charge in [0.1, 0.15) is 37.3 Å². The Morgan fingerprint density at radius 2 is 1.07 bits per heavy atom. The Hall–Kier alpha value is -2.78. The molecular weight excluding hydrogens is 392 g/mol. The fraction of sp³-hybridized carbons (Fsp3) is 0.364. The molecule has 1 saturated heterocycles. The number of benzene rings is 2. The van der Waals surface area contributed by atoms with Gasteiger partial charge in [-0.05, 0) is 48.5 Å². The van der Waals surface area contributed by atoms with E-state index in [0.29, 0.717) is 49.1 Å². The average Bonchev–Trinajstić information content (AvgIpc) is 2.81. The lowest BCUT2D eigenvalue weighted by atomic mass is 10.2. The molecule has 1 aliphatic heterocycles. The van der Waals surface area contributed by atoms with E-state index in [2.05, 4.69) is 0 Å². The lowest BCUT2D eigenvalue weighted by Gasteiger charge is -2.31. The third kappa shape index (κ3) is 6.93. The van der Waals surface area contributed by atoms with Gasteiger partial charge in [0.05, 0.1) is 26.4 Å². The Morgan fingerprint density at radius 1 is 0.667 bits per heavy atom. The van der Waals surface area contributed by atoms with E-state index < -0.39 is 12.6 Å². The molecule has 30 heavy (non-hydrogen) atoms. The minimum Gasteiger partial charge on any atom is -0.491 e. The highest BCUT2D eigenvalue weighted by Crippen LogP contribution is 2.15. The molecule has 0 radical (unpaired) electrons. The summed E-state index contributed by atoms with van der Waals surface area (Å²) in [5.41, 5.74) is 1.18. The number of rotatable bonds is 12. The third-order valence-electron chi connectivity index (χ3n) is 4.17. The molecule has 1 fully saturated rings. The van der Waals surface area contributed by atoms with Crippen LogP contribution in [0, 0.1) is 0 Å². The highest BCUT2D eigenvalue weighted by Gasteiger charge is 2.28. The first-order chi connectivity index (χ1) is 14.8. The maximum atomic E-state index is 10.7. The summed E-state index contributed by atoms with van der Waals surface area (Å²) < 4.78 is 33.7. The van der Waals surface area contributed by atoms with Crippen molar-refractivity contribution in [1.29, 1.82) is 0 Å². The van der Waals surface area contributed by atoms with Crippen LogP contribution in [-0.4, -0.2) is 64.8 Å². The van der Waals surface area contributed by atoms with Crippen molar-refractivity contribution in [1.82, 2.24) is 0 Å². The Labute approximate surface area is 174 Å². The molecule has 3 rings (SSSR count). The fourth-order valence-corrected chi connectivity index (χ4v) is 2.67. The first-order valence-electron chi connectivity index (χ1n) is 9.61. The molecule has 2 aromatic rings. The summed E-state index contributed by atoms with van der Waals surface area (Å²) in [5.74, 6) is 1.30. The summed E-state index contributed by atoms with van der Waals surface area (Å²) in [5, 5.41) is 0. The summed E-state index contributed by atoms with van der Waals surface area (Å²) in [6, 6.07) is 13.6. The Balaban J connectivity index is 1.34. The van der Waals surface area contributed by atoms with Crippen LogP contribution < -0.4 is 9.47 Å². The zero-order chi connectivity index (χ0) is 21.0. The second-order valence-corrected chi connectivity index (χ2v) is 6.29. The maximum absolute atomic E-state index is 10.7. The quantitative estimate of drug-likeness (QED) is 0.385. The molecular formula is C22H24O8. The predicted molar refractivity (Wildman–Crippen MR) is 106 cm³/mol. The van der Waals surface area contributed by atoms with Gasteiger partial charge < -0.3 is 28.4 Å². The predicted octanol–water partition coefficient (Wildman–Crippen LogP) is 2.50. The number of aldehydes is 2.